The second-order valence-corrected chi connectivity index (χ2v) is 5.63. The predicted octanol–water partition coefficient (Wildman–Crippen LogP) is 2.97. The van der Waals surface area contributed by atoms with Gasteiger partial charge in [0.1, 0.15) is 0 Å². The Labute approximate surface area is 103 Å². The Kier molecular flexibility index (Phi) is 2.83. The number of aliphatic hydroxyl groups is 1. The fourth-order valence-electron chi connectivity index (χ4n) is 3.55. The first-order valence-electron chi connectivity index (χ1n) is 6.80. The van der Waals surface area contributed by atoms with E-state index in [-0.39, 0.29) is 11.5 Å². The normalized spacial score (nSPS) is 32.6. The molecule has 1 saturated carbocycles. The second kappa shape index (κ2) is 4.34. The molecular formula is C15H21NO. The maximum Gasteiger partial charge on any atom is 0.0600 e. The molecule has 0 saturated heterocycles. The van der Waals surface area contributed by atoms with Crippen molar-refractivity contribution < 1.29 is 5.11 Å². The van der Waals surface area contributed by atoms with Gasteiger partial charge < -0.3 is 10.4 Å². The lowest BCUT2D eigenvalue weighted by atomic mass is 9.67. The van der Waals surface area contributed by atoms with Gasteiger partial charge in [0.25, 0.3) is 0 Å². The smallest absolute Gasteiger partial charge is 0.0600 e. The van der Waals surface area contributed by atoms with Gasteiger partial charge in [0, 0.05) is 17.6 Å². The summed E-state index contributed by atoms with van der Waals surface area (Å²) in [6.45, 7) is 0.994. The molecule has 1 spiro atoms. The van der Waals surface area contributed by atoms with E-state index in [9.17, 15) is 5.11 Å². The molecular weight excluding hydrogens is 210 g/mol. The molecule has 0 radical (unpaired) electrons. The summed E-state index contributed by atoms with van der Waals surface area (Å²) in [5.41, 5.74) is 2.78. The average molecular weight is 231 g/mol. The van der Waals surface area contributed by atoms with Gasteiger partial charge in [-0.05, 0) is 37.3 Å². The molecule has 2 aliphatic rings. The summed E-state index contributed by atoms with van der Waals surface area (Å²) in [4.78, 5) is 0. The van der Waals surface area contributed by atoms with Crippen LogP contribution in [0.25, 0.3) is 0 Å². The zero-order valence-corrected chi connectivity index (χ0v) is 10.3. The van der Waals surface area contributed by atoms with Crippen molar-refractivity contribution in [1.82, 2.24) is 0 Å². The minimum absolute atomic E-state index is 0.107. The standard InChI is InChI=1S/C15H21NO/c17-14-7-3-4-8-15(14)9-10-16-13-6-2-1-5-12(13)11-15/h1-2,5-6,14,16-17H,3-4,7-11H2. The lowest BCUT2D eigenvalue weighted by Crippen LogP contribution is -2.40. The number of fused-ring (bicyclic) bond motifs is 1. The molecule has 0 bridgehead atoms. The molecule has 1 aromatic rings. The van der Waals surface area contributed by atoms with Crippen molar-refractivity contribution in [2.75, 3.05) is 11.9 Å². The summed E-state index contributed by atoms with van der Waals surface area (Å²) in [5, 5.41) is 13.9. The monoisotopic (exact) mass is 231 g/mol. The third-order valence-corrected chi connectivity index (χ3v) is 4.61. The number of para-hydroxylation sites is 1. The molecule has 1 aliphatic carbocycles. The predicted molar refractivity (Wildman–Crippen MR) is 70.2 cm³/mol. The van der Waals surface area contributed by atoms with E-state index in [0.717, 1.165) is 25.8 Å². The van der Waals surface area contributed by atoms with E-state index in [0.29, 0.717) is 0 Å². The van der Waals surface area contributed by atoms with Gasteiger partial charge in [-0.2, -0.15) is 0 Å². The zero-order valence-electron chi connectivity index (χ0n) is 10.3. The Morgan fingerprint density at radius 1 is 1.18 bits per heavy atom. The van der Waals surface area contributed by atoms with E-state index in [2.05, 4.69) is 29.6 Å². The van der Waals surface area contributed by atoms with Crippen LogP contribution in [-0.4, -0.2) is 17.8 Å². The van der Waals surface area contributed by atoms with Crippen LogP contribution < -0.4 is 5.32 Å². The molecule has 2 atom stereocenters. The lowest BCUT2D eigenvalue weighted by Gasteiger charge is -2.41. The van der Waals surface area contributed by atoms with Crippen molar-refractivity contribution in [2.24, 2.45) is 5.41 Å². The summed E-state index contributed by atoms with van der Waals surface area (Å²) in [6.07, 6.45) is 6.67. The summed E-state index contributed by atoms with van der Waals surface area (Å²) < 4.78 is 0. The van der Waals surface area contributed by atoms with Crippen LogP contribution in [0.4, 0.5) is 5.69 Å². The molecule has 3 rings (SSSR count). The van der Waals surface area contributed by atoms with Gasteiger partial charge in [-0.3, -0.25) is 0 Å². The second-order valence-electron chi connectivity index (χ2n) is 5.63. The van der Waals surface area contributed by atoms with Gasteiger partial charge >= 0.3 is 0 Å². The molecule has 1 aliphatic heterocycles. The van der Waals surface area contributed by atoms with Crippen molar-refractivity contribution in [3.8, 4) is 0 Å². The van der Waals surface area contributed by atoms with E-state index in [1.165, 1.54) is 30.5 Å². The van der Waals surface area contributed by atoms with Crippen LogP contribution in [0.15, 0.2) is 24.3 Å². The highest BCUT2D eigenvalue weighted by Gasteiger charge is 2.40. The van der Waals surface area contributed by atoms with E-state index in [1.807, 2.05) is 0 Å². The highest BCUT2D eigenvalue weighted by molar-refractivity contribution is 5.52. The van der Waals surface area contributed by atoms with Gasteiger partial charge in [0.15, 0.2) is 0 Å². The number of rotatable bonds is 0. The van der Waals surface area contributed by atoms with E-state index in [4.69, 9.17) is 0 Å². The fourth-order valence-corrected chi connectivity index (χ4v) is 3.55. The lowest BCUT2D eigenvalue weighted by molar-refractivity contribution is -0.0147. The summed E-state index contributed by atoms with van der Waals surface area (Å²) >= 11 is 0. The van der Waals surface area contributed by atoms with Crippen LogP contribution >= 0.6 is 0 Å². The number of benzene rings is 1. The molecule has 1 aromatic carbocycles. The molecule has 2 heteroatoms. The molecule has 0 amide bonds. The first-order chi connectivity index (χ1) is 8.30. The Hall–Kier alpha value is -1.02. The van der Waals surface area contributed by atoms with Crippen LogP contribution in [0.1, 0.15) is 37.7 Å². The summed E-state index contributed by atoms with van der Waals surface area (Å²) in [7, 11) is 0. The summed E-state index contributed by atoms with van der Waals surface area (Å²) in [6, 6.07) is 8.55. The number of hydrogen-bond donors (Lipinski definition) is 2. The van der Waals surface area contributed by atoms with Gasteiger partial charge in [0.2, 0.25) is 0 Å². The first-order valence-corrected chi connectivity index (χ1v) is 6.80. The number of hydrogen-bond acceptors (Lipinski definition) is 2. The van der Waals surface area contributed by atoms with E-state index < -0.39 is 0 Å². The van der Waals surface area contributed by atoms with Crippen LogP contribution in [0.2, 0.25) is 0 Å². The topological polar surface area (TPSA) is 32.3 Å². The Morgan fingerprint density at radius 3 is 2.94 bits per heavy atom. The fraction of sp³-hybridized carbons (Fsp3) is 0.600. The minimum Gasteiger partial charge on any atom is -0.393 e. The minimum atomic E-state index is -0.107. The molecule has 0 aromatic heterocycles. The van der Waals surface area contributed by atoms with Gasteiger partial charge in [-0.25, -0.2) is 0 Å². The molecule has 1 fully saturated rings. The summed E-state index contributed by atoms with van der Waals surface area (Å²) in [5.74, 6) is 0. The Bertz CT molecular complexity index is 404. The van der Waals surface area contributed by atoms with Crippen molar-refractivity contribution in [3.63, 3.8) is 0 Å². The van der Waals surface area contributed by atoms with Crippen molar-refractivity contribution in [2.45, 2.75) is 44.6 Å². The maximum absolute atomic E-state index is 10.4. The van der Waals surface area contributed by atoms with E-state index in [1.54, 1.807) is 0 Å². The molecule has 2 N–H and O–H groups in total. The highest BCUT2D eigenvalue weighted by atomic mass is 16.3. The third-order valence-electron chi connectivity index (χ3n) is 4.61. The van der Waals surface area contributed by atoms with Gasteiger partial charge in [-0.15, -0.1) is 0 Å². The van der Waals surface area contributed by atoms with E-state index >= 15 is 0 Å². The molecule has 2 nitrogen and oxygen atoms in total. The Morgan fingerprint density at radius 2 is 2.06 bits per heavy atom. The highest BCUT2D eigenvalue weighted by Crippen LogP contribution is 2.44. The zero-order chi connectivity index (χ0) is 11.7. The van der Waals surface area contributed by atoms with Crippen molar-refractivity contribution >= 4 is 5.69 Å². The first kappa shape index (κ1) is 11.1. The number of aliphatic hydroxyl groups excluding tert-OH is 1. The number of anilines is 1. The molecule has 1 heterocycles. The van der Waals surface area contributed by atoms with Crippen LogP contribution in [-0.2, 0) is 6.42 Å². The third kappa shape index (κ3) is 1.95. The maximum atomic E-state index is 10.4. The quantitative estimate of drug-likeness (QED) is 0.719. The molecule has 92 valence electrons. The van der Waals surface area contributed by atoms with Gasteiger partial charge in [0.05, 0.1) is 6.10 Å². The molecule has 17 heavy (non-hydrogen) atoms. The largest absolute Gasteiger partial charge is 0.393 e. The van der Waals surface area contributed by atoms with Crippen LogP contribution in [0.3, 0.4) is 0 Å². The van der Waals surface area contributed by atoms with Crippen molar-refractivity contribution in [1.29, 1.82) is 0 Å². The van der Waals surface area contributed by atoms with Crippen LogP contribution in [0.5, 0.6) is 0 Å². The molecule has 2 unspecified atom stereocenters. The Balaban J connectivity index is 1.93. The van der Waals surface area contributed by atoms with Crippen LogP contribution in [0, 0.1) is 5.41 Å². The van der Waals surface area contributed by atoms with Crippen molar-refractivity contribution in [3.05, 3.63) is 29.8 Å². The SMILES string of the molecule is OC1CCCCC12CCNc1ccccc1C2. The van der Waals surface area contributed by atoms with Gasteiger partial charge in [-0.1, -0.05) is 31.0 Å². The average Bonchev–Trinajstić information content (AvgIpc) is 2.53. The number of nitrogens with one attached hydrogen (secondary N) is 1.